The number of nitrogens with zero attached hydrogens (tertiary/aromatic N) is 1. The van der Waals surface area contributed by atoms with Gasteiger partial charge in [-0.05, 0) is 68.4 Å². The second-order valence-corrected chi connectivity index (χ2v) is 9.53. The third kappa shape index (κ3) is 3.61. The third-order valence-electron chi connectivity index (χ3n) is 7.05. The van der Waals surface area contributed by atoms with Crippen LogP contribution in [0.15, 0.2) is 30.3 Å². The highest BCUT2D eigenvalue weighted by Crippen LogP contribution is 2.60. The molecule has 0 unspecified atom stereocenters. The molecule has 4 fully saturated rings. The van der Waals surface area contributed by atoms with Gasteiger partial charge in [0.1, 0.15) is 18.3 Å². The lowest BCUT2D eigenvalue weighted by molar-refractivity contribution is -0.151. The summed E-state index contributed by atoms with van der Waals surface area (Å²) >= 11 is 6.22. The smallest absolute Gasteiger partial charge is 0.325 e. The van der Waals surface area contributed by atoms with Crippen molar-refractivity contribution in [3.8, 4) is 0 Å². The van der Waals surface area contributed by atoms with Crippen LogP contribution in [0, 0.1) is 23.2 Å². The zero-order valence-electron chi connectivity index (χ0n) is 16.3. The average molecular weight is 413 g/mol. The summed E-state index contributed by atoms with van der Waals surface area (Å²) in [5.41, 5.74) is 1.21. The SMILES string of the molecule is O=C(CNC(=O)C12CC3CC(CC(C3)C1)C2)OCc1cc2ccccc2nc1Cl. The number of halogens is 1. The van der Waals surface area contributed by atoms with Crippen LogP contribution in [0.1, 0.15) is 44.1 Å². The normalized spacial score (nSPS) is 29.8. The van der Waals surface area contributed by atoms with E-state index in [1.54, 1.807) is 0 Å². The van der Waals surface area contributed by atoms with Gasteiger partial charge in [-0.25, -0.2) is 4.98 Å². The molecule has 5 nitrogen and oxygen atoms in total. The quantitative estimate of drug-likeness (QED) is 0.588. The van der Waals surface area contributed by atoms with Crippen LogP contribution in [-0.2, 0) is 20.9 Å². The largest absolute Gasteiger partial charge is 0.459 e. The molecule has 1 N–H and O–H groups in total. The summed E-state index contributed by atoms with van der Waals surface area (Å²) < 4.78 is 5.35. The van der Waals surface area contributed by atoms with Crippen LogP contribution in [0.4, 0.5) is 0 Å². The molecule has 0 saturated heterocycles. The molecule has 1 aromatic heterocycles. The topological polar surface area (TPSA) is 68.3 Å². The average Bonchev–Trinajstić information content (AvgIpc) is 2.69. The first kappa shape index (κ1) is 18.9. The number of carbonyl (C=O) groups excluding carboxylic acids is 2. The maximum absolute atomic E-state index is 12.9. The predicted octanol–water partition coefficient (Wildman–Crippen LogP) is 4.26. The molecule has 4 bridgehead atoms. The first-order valence-corrected chi connectivity index (χ1v) is 10.9. The summed E-state index contributed by atoms with van der Waals surface area (Å²) in [7, 11) is 0. The van der Waals surface area contributed by atoms with Gasteiger partial charge in [0.15, 0.2) is 0 Å². The highest BCUT2D eigenvalue weighted by molar-refractivity contribution is 6.30. The Balaban J connectivity index is 1.17. The fourth-order valence-electron chi connectivity index (χ4n) is 6.18. The maximum atomic E-state index is 12.9. The van der Waals surface area contributed by atoms with Gasteiger partial charge in [0.2, 0.25) is 5.91 Å². The lowest BCUT2D eigenvalue weighted by atomic mass is 9.49. The van der Waals surface area contributed by atoms with E-state index in [9.17, 15) is 9.59 Å². The Morgan fingerprint density at radius 2 is 1.76 bits per heavy atom. The molecule has 4 aliphatic carbocycles. The molecule has 0 atom stereocenters. The van der Waals surface area contributed by atoms with Crippen LogP contribution >= 0.6 is 11.6 Å². The molecule has 152 valence electrons. The number of rotatable bonds is 5. The van der Waals surface area contributed by atoms with E-state index in [1.807, 2.05) is 30.3 Å². The number of aromatic nitrogens is 1. The number of pyridine rings is 1. The van der Waals surface area contributed by atoms with Gasteiger partial charge >= 0.3 is 5.97 Å². The number of carbonyl (C=O) groups is 2. The Morgan fingerprint density at radius 3 is 2.45 bits per heavy atom. The minimum Gasteiger partial charge on any atom is -0.459 e. The van der Waals surface area contributed by atoms with Crippen molar-refractivity contribution in [3.05, 3.63) is 41.0 Å². The number of fused-ring (bicyclic) bond motifs is 1. The Bertz CT molecular complexity index is 938. The lowest BCUT2D eigenvalue weighted by Crippen LogP contribution is -2.54. The van der Waals surface area contributed by atoms with Crippen molar-refractivity contribution >= 4 is 34.4 Å². The molecule has 4 aliphatic rings. The second kappa shape index (κ2) is 7.28. The van der Waals surface area contributed by atoms with Crippen molar-refractivity contribution in [2.24, 2.45) is 23.2 Å². The van der Waals surface area contributed by atoms with E-state index in [2.05, 4.69) is 10.3 Å². The van der Waals surface area contributed by atoms with Crippen LogP contribution in [-0.4, -0.2) is 23.4 Å². The van der Waals surface area contributed by atoms with Crippen molar-refractivity contribution < 1.29 is 14.3 Å². The molecular formula is C23H25ClN2O3. The summed E-state index contributed by atoms with van der Waals surface area (Å²) in [6, 6.07) is 9.53. The molecule has 1 aromatic carbocycles. The zero-order chi connectivity index (χ0) is 20.0. The molecule has 6 heteroatoms. The molecule has 29 heavy (non-hydrogen) atoms. The van der Waals surface area contributed by atoms with E-state index < -0.39 is 5.97 Å². The minimum atomic E-state index is -0.452. The second-order valence-electron chi connectivity index (χ2n) is 9.17. The molecule has 4 saturated carbocycles. The van der Waals surface area contributed by atoms with Crippen LogP contribution in [0.5, 0.6) is 0 Å². The van der Waals surface area contributed by atoms with Gasteiger partial charge in [-0.1, -0.05) is 29.8 Å². The number of nitrogens with one attached hydrogen (secondary N) is 1. The Morgan fingerprint density at radius 1 is 1.10 bits per heavy atom. The fourth-order valence-corrected chi connectivity index (χ4v) is 6.38. The monoisotopic (exact) mass is 412 g/mol. The van der Waals surface area contributed by atoms with Gasteiger partial charge < -0.3 is 10.1 Å². The van der Waals surface area contributed by atoms with Crippen LogP contribution in [0.3, 0.4) is 0 Å². The van der Waals surface area contributed by atoms with Gasteiger partial charge in [-0.15, -0.1) is 0 Å². The zero-order valence-corrected chi connectivity index (χ0v) is 17.1. The van der Waals surface area contributed by atoms with E-state index in [0.29, 0.717) is 28.5 Å². The molecule has 0 spiro atoms. The standard InChI is InChI=1S/C23H25ClN2O3/c24-21-18(8-17-3-1-2-4-19(17)26-21)13-29-20(27)12-25-22(28)23-9-14-5-15(10-23)7-16(6-14)11-23/h1-4,8,14-16H,5-7,9-13H2,(H,25,28). The van der Waals surface area contributed by atoms with Gasteiger partial charge in [0.05, 0.1) is 5.52 Å². The molecule has 0 aliphatic heterocycles. The van der Waals surface area contributed by atoms with Crippen molar-refractivity contribution in [1.82, 2.24) is 10.3 Å². The molecular weight excluding hydrogens is 388 g/mol. The number of ether oxygens (including phenoxy) is 1. The summed E-state index contributed by atoms with van der Waals surface area (Å²) in [4.78, 5) is 29.5. The lowest BCUT2D eigenvalue weighted by Gasteiger charge is -2.55. The number of para-hydroxylation sites is 1. The third-order valence-corrected chi connectivity index (χ3v) is 7.38. The van der Waals surface area contributed by atoms with Crippen molar-refractivity contribution in [2.45, 2.75) is 45.1 Å². The summed E-state index contributed by atoms with van der Waals surface area (Å²) in [5.74, 6) is 1.68. The molecule has 2 aromatic rings. The highest BCUT2D eigenvalue weighted by atomic mass is 35.5. The van der Waals surface area contributed by atoms with Crippen molar-refractivity contribution in [2.75, 3.05) is 6.54 Å². The van der Waals surface area contributed by atoms with Gasteiger partial charge in [-0.3, -0.25) is 9.59 Å². The number of hydrogen-bond donors (Lipinski definition) is 1. The van der Waals surface area contributed by atoms with E-state index >= 15 is 0 Å². The number of hydrogen-bond acceptors (Lipinski definition) is 4. The first-order chi connectivity index (χ1) is 14.0. The molecule has 6 rings (SSSR count). The molecule has 1 heterocycles. The van der Waals surface area contributed by atoms with Crippen LogP contribution < -0.4 is 5.32 Å². The van der Waals surface area contributed by atoms with E-state index in [4.69, 9.17) is 16.3 Å². The van der Waals surface area contributed by atoms with Gasteiger partial charge in [-0.2, -0.15) is 0 Å². The molecule has 1 amide bonds. The van der Waals surface area contributed by atoms with Crippen molar-refractivity contribution in [3.63, 3.8) is 0 Å². The summed E-state index contributed by atoms with van der Waals surface area (Å²) in [6.07, 6.45) is 6.81. The Hall–Kier alpha value is -2.14. The van der Waals surface area contributed by atoms with Gasteiger partial charge in [0.25, 0.3) is 0 Å². The van der Waals surface area contributed by atoms with Crippen LogP contribution in [0.2, 0.25) is 5.15 Å². The van der Waals surface area contributed by atoms with Gasteiger partial charge in [0, 0.05) is 16.4 Å². The predicted molar refractivity (Wildman–Crippen MR) is 110 cm³/mol. The van der Waals surface area contributed by atoms with E-state index in [-0.39, 0.29) is 24.5 Å². The first-order valence-electron chi connectivity index (χ1n) is 10.5. The van der Waals surface area contributed by atoms with E-state index in [1.165, 1.54) is 19.3 Å². The number of esters is 1. The minimum absolute atomic E-state index is 0.0407. The molecule has 0 radical (unpaired) electrons. The summed E-state index contributed by atoms with van der Waals surface area (Å²) in [5, 5.41) is 4.13. The number of amides is 1. The Kier molecular flexibility index (Phi) is 4.73. The maximum Gasteiger partial charge on any atom is 0.325 e. The fraction of sp³-hybridized carbons (Fsp3) is 0.522. The van der Waals surface area contributed by atoms with Crippen molar-refractivity contribution in [1.29, 1.82) is 0 Å². The van der Waals surface area contributed by atoms with Crippen LogP contribution in [0.25, 0.3) is 10.9 Å². The van der Waals surface area contributed by atoms with E-state index in [0.717, 1.165) is 30.2 Å². The summed E-state index contributed by atoms with van der Waals surface area (Å²) in [6.45, 7) is -0.0536. The number of benzene rings is 1. The Labute approximate surface area is 175 Å². The highest BCUT2D eigenvalue weighted by Gasteiger charge is 2.54.